The van der Waals surface area contributed by atoms with Crippen molar-refractivity contribution < 1.29 is 17.9 Å². The van der Waals surface area contributed by atoms with E-state index in [1.54, 1.807) is 7.05 Å². The SMILES string of the molecule is Cc1nn(C)c(OCC(F)(F)F)c1CN1CCC2(CCNCC2)C1. The monoisotopic (exact) mass is 346 g/mol. The molecule has 5 nitrogen and oxygen atoms in total. The molecule has 3 heterocycles. The summed E-state index contributed by atoms with van der Waals surface area (Å²) >= 11 is 0. The first-order chi connectivity index (χ1) is 11.3. The molecule has 0 atom stereocenters. The lowest BCUT2D eigenvalue weighted by Gasteiger charge is -2.33. The Morgan fingerprint density at radius 3 is 2.62 bits per heavy atom. The molecule has 8 heteroatoms. The number of halogens is 3. The number of ether oxygens (including phenoxy) is 1. The fourth-order valence-corrected chi connectivity index (χ4v) is 3.95. The molecular weight excluding hydrogens is 321 g/mol. The number of alkyl halides is 3. The summed E-state index contributed by atoms with van der Waals surface area (Å²) in [5, 5.41) is 7.64. The second kappa shape index (κ2) is 6.55. The van der Waals surface area contributed by atoms with Crippen LogP contribution in [0.5, 0.6) is 5.88 Å². The van der Waals surface area contributed by atoms with Crippen LogP contribution in [-0.4, -0.2) is 53.6 Å². The second-order valence-electron chi connectivity index (χ2n) is 7.11. The van der Waals surface area contributed by atoms with Crippen molar-refractivity contribution in [2.24, 2.45) is 12.5 Å². The Bertz CT molecular complexity index is 579. The molecule has 0 amide bonds. The highest BCUT2D eigenvalue weighted by atomic mass is 19.4. The molecule has 0 aliphatic carbocycles. The maximum Gasteiger partial charge on any atom is 0.422 e. The van der Waals surface area contributed by atoms with E-state index in [-0.39, 0.29) is 5.88 Å². The highest BCUT2D eigenvalue weighted by Crippen LogP contribution is 2.39. The van der Waals surface area contributed by atoms with Gasteiger partial charge in [0.15, 0.2) is 6.61 Å². The van der Waals surface area contributed by atoms with Crippen molar-refractivity contribution in [1.29, 1.82) is 0 Å². The maximum atomic E-state index is 12.5. The molecule has 1 aromatic heterocycles. The van der Waals surface area contributed by atoms with Gasteiger partial charge in [-0.15, -0.1) is 0 Å². The third kappa shape index (κ3) is 3.85. The fraction of sp³-hybridized carbons (Fsp3) is 0.812. The van der Waals surface area contributed by atoms with Crippen LogP contribution in [0, 0.1) is 12.3 Å². The molecule has 3 rings (SSSR count). The zero-order valence-electron chi connectivity index (χ0n) is 14.2. The predicted octanol–water partition coefficient (Wildman–Crippen LogP) is 2.25. The highest BCUT2D eigenvalue weighted by molar-refractivity contribution is 5.31. The van der Waals surface area contributed by atoms with Crippen molar-refractivity contribution in [2.45, 2.75) is 38.9 Å². The van der Waals surface area contributed by atoms with Crippen LogP contribution in [0.25, 0.3) is 0 Å². The largest absolute Gasteiger partial charge is 0.468 e. The first-order valence-electron chi connectivity index (χ1n) is 8.43. The van der Waals surface area contributed by atoms with Gasteiger partial charge in [-0.2, -0.15) is 18.3 Å². The number of hydrogen-bond donors (Lipinski definition) is 1. The van der Waals surface area contributed by atoms with Gasteiger partial charge in [0.1, 0.15) is 0 Å². The zero-order valence-corrected chi connectivity index (χ0v) is 14.2. The van der Waals surface area contributed by atoms with E-state index in [0.717, 1.165) is 43.9 Å². The molecular formula is C16H25F3N4O. The molecule has 0 bridgehead atoms. The van der Waals surface area contributed by atoms with Gasteiger partial charge in [0.05, 0.1) is 11.3 Å². The van der Waals surface area contributed by atoms with Gasteiger partial charge < -0.3 is 10.1 Å². The lowest BCUT2D eigenvalue weighted by atomic mass is 9.78. The average Bonchev–Trinajstić information content (AvgIpc) is 2.99. The number of piperidine rings is 1. The number of nitrogens with zero attached hydrogens (tertiary/aromatic N) is 3. The van der Waals surface area contributed by atoms with E-state index in [1.807, 2.05) is 6.92 Å². The minimum absolute atomic E-state index is 0.232. The van der Waals surface area contributed by atoms with Crippen LogP contribution in [0.15, 0.2) is 0 Å². The third-order valence-corrected chi connectivity index (χ3v) is 5.22. The van der Waals surface area contributed by atoms with Gasteiger partial charge in [-0.05, 0) is 51.2 Å². The fourth-order valence-electron chi connectivity index (χ4n) is 3.95. The van der Waals surface area contributed by atoms with E-state index in [9.17, 15) is 13.2 Å². The number of likely N-dealkylation sites (tertiary alicyclic amines) is 1. The quantitative estimate of drug-likeness (QED) is 0.908. The molecule has 2 saturated heterocycles. The van der Waals surface area contributed by atoms with Gasteiger partial charge in [0, 0.05) is 20.1 Å². The number of aryl methyl sites for hydroxylation is 2. The van der Waals surface area contributed by atoms with Crippen molar-refractivity contribution in [3.05, 3.63) is 11.3 Å². The van der Waals surface area contributed by atoms with E-state index in [2.05, 4.69) is 15.3 Å². The Morgan fingerprint density at radius 1 is 1.25 bits per heavy atom. The summed E-state index contributed by atoms with van der Waals surface area (Å²) in [5.74, 6) is 0.232. The first kappa shape index (κ1) is 17.5. The van der Waals surface area contributed by atoms with Crippen LogP contribution < -0.4 is 10.1 Å². The lowest BCUT2D eigenvalue weighted by molar-refractivity contribution is -0.154. The number of rotatable bonds is 4. The van der Waals surface area contributed by atoms with E-state index in [4.69, 9.17) is 4.74 Å². The number of nitrogens with one attached hydrogen (secondary N) is 1. The van der Waals surface area contributed by atoms with Crippen molar-refractivity contribution >= 4 is 0 Å². The van der Waals surface area contributed by atoms with Gasteiger partial charge in [-0.3, -0.25) is 4.90 Å². The molecule has 1 spiro atoms. The van der Waals surface area contributed by atoms with Crippen molar-refractivity contribution in [3.8, 4) is 5.88 Å². The first-order valence-corrected chi connectivity index (χ1v) is 8.43. The minimum Gasteiger partial charge on any atom is -0.468 e. The van der Waals surface area contributed by atoms with Gasteiger partial charge in [0.2, 0.25) is 5.88 Å². The summed E-state index contributed by atoms with van der Waals surface area (Å²) in [6, 6.07) is 0. The molecule has 0 aromatic carbocycles. The molecule has 2 aliphatic heterocycles. The molecule has 24 heavy (non-hydrogen) atoms. The summed E-state index contributed by atoms with van der Waals surface area (Å²) in [6.45, 7) is 5.23. The normalized spacial score (nSPS) is 21.5. The Hall–Kier alpha value is -1.28. The second-order valence-corrected chi connectivity index (χ2v) is 7.11. The molecule has 2 fully saturated rings. The Balaban J connectivity index is 1.69. The minimum atomic E-state index is -4.34. The Morgan fingerprint density at radius 2 is 1.96 bits per heavy atom. The topological polar surface area (TPSA) is 42.3 Å². The van der Waals surface area contributed by atoms with Crippen LogP contribution in [0.2, 0.25) is 0 Å². The highest BCUT2D eigenvalue weighted by Gasteiger charge is 2.39. The van der Waals surface area contributed by atoms with E-state index >= 15 is 0 Å². The van der Waals surface area contributed by atoms with Crippen LogP contribution in [0.1, 0.15) is 30.5 Å². The summed E-state index contributed by atoms with van der Waals surface area (Å²) < 4.78 is 43.9. The van der Waals surface area contributed by atoms with Gasteiger partial charge in [-0.1, -0.05) is 0 Å². The van der Waals surface area contributed by atoms with Gasteiger partial charge in [0.25, 0.3) is 0 Å². The Labute approximate surface area is 140 Å². The molecule has 1 N–H and O–H groups in total. The third-order valence-electron chi connectivity index (χ3n) is 5.22. The Kier molecular flexibility index (Phi) is 4.79. The molecule has 2 aliphatic rings. The average molecular weight is 346 g/mol. The summed E-state index contributed by atoms with van der Waals surface area (Å²) in [7, 11) is 1.63. The smallest absolute Gasteiger partial charge is 0.422 e. The van der Waals surface area contributed by atoms with Gasteiger partial charge >= 0.3 is 6.18 Å². The number of hydrogen-bond acceptors (Lipinski definition) is 4. The van der Waals surface area contributed by atoms with Crippen molar-refractivity contribution in [2.75, 3.05) is 32.8 Å². The van der Waals surface area contributed by atoms with Crippen molar-refractivity contribution in [3.63, 3.8) is 0 Å². The maximum absolute atomic E-state index is 12.5. The molecule has 0 unspecified atom stereocenters. The van der Waals surface area contributed by atoms with Crippen molar-refractivity contribution in [1.82, 2.24) is 20.0 Å². The molecule has 1 aromatic rings. The van der Waals surface area contributed by atoms with Crippen LogP contribution >= 0.6 is 0 Å². The van der Waals surface area contributed by atoms with Crippen LogP contribution in [0.3, 0.4) is 0 Å². The lowest BCUT2D eigenvalue weighted by Crippen LogP contribution is -2.38. The number of aromatic nitrogens is 2. The molecule has 0 radical (unpaired) electrons. The predicted molar refractivity (Wildman–Crippen MR) is 83.9 cm³/mol. The van der Waals surface area contributed by atoms with E-state index in [1.165, 1.54) is 17.5 Å². The molecule has 0 saturated carbocycles. The van der Waals surface area contributed by atoms with Crippen LogP contribution in [0.4, 0.5) is 13.2 Å². The summed E-state index contributed by atoms with van der Waals surface area (Å²) in [4.78, 5) is 2.33. The summed E-state index contributed by atoms with van der Waals surface area (Å²) in [6.07, 6.45) is -0.838. The van der Waals surface area contributed by atoms with Gasteiger partial charge in [-0.25, -0.2) is 4.68 Å². The summed E-state index contributed by atoms with van der Waals surface area (Å²) in [5.41, 5.74) is 1.88. The van der Waals surface area contributed by atoms with E-state index in [0.29, 0.717) is 12.0 Å². The molecule has 136 valence electrons. The van der Waals surface area contributed by atoms with Crippen LogP contribution in [-0.2, 0) is 13.6 Å². The zero-order chi connectivity index (χ0) is 17.4. The van der Waals surface area contributed by atoms with E-state index < -0.39 is 12.8 Å². The standard InChI is InChI=1S/C16H25F3N4O/c1-12-13(14(22(2)21-12)24-11-16(17,18)19)9-23-8-5-15(10-23)3-6-20-7-4-15/h20H,3-11H2,1-2H3.